The van der Waals surface area contributed by atoms with Crippen molar-refractivity contribution in [1.29, 1.82) is 0 Å². The molecule has 0 fully saturated rings. The molecule has 0 unspecified atom stereocenters. The van der Waals surface area contributed by atoms with Gasteiger partial charge in [0, 0.05) is 0 Å². The monoisotopic (exact) mass is 551 g/mol. The predicted octanol–water partition coefficient (Wildman–Crippen LogP) is 6.49. The van der Waals surface area contributed by atoms with Crippen LogP contribution in [0.1, 0.15) is 100 Å². The van der Waals surface area contributed by atoms with Gasteiger partial charge >= 0.3 is 15.2 Å². The second kappa shape index (κ2) is 12.5. The quantitative estimate of drug-likeness (QED) is 0.250. The smallest absolute Gasteiger partial charge is 0.346 e. The Balaban J connectivity index is 3.92. The highest BCUT2D eigenvalue weighted by Gasteiger charge is 2.53. The predicted molar refractivity (Wildman–Crippen MR) is 142 cm³/mol. The van der Waals surface area contributed by atoms with E-state index < -0.39 is 56.2 Å². The fourth-order valence-electron chi connectivity index (χ4n) is 3.45. The molecule has 36 heavy (non-hydrogen) atoms. The van der Waals surface area contributed by atoms with Crippen molar-refractivity contribution in [3.8, 4) is 0 Å². The molecule has 0 atom stereocenters. The van der Waals surface area contributed by atoms with Gasteiger partial charge < -0.3 is 28.3 Å². The number of aliphatic hydroxyl groups is 2. The number of pyridine rings is 1. The third-order valence-electron chi connectivity index (χ3n) is 4.72. The lowest BCUT2D eigenvalue weighted by atomic mass is 9.97. The van der Waals surface area contributed by atoms with Gasteiger partial charge in [-0.1, -0.05) is 0 Å². The summed E-state index contributed by atoms with van der Waals surface area (Å²) in [7, 11) is -8.22. The fourth-order valence-corrected chi connectivity index (χ4v) is 9.37. The molecule has 2 N–H and O–H groups in total. The molecule has 210 valence electrons. The molecule has 1 aromatic heterocycles. The summed E-state index contributed by atoms with van der Waals surface area (Å²) in [5.41, 5.74) is -1.55. The minimum absolute atomic E-state index is 0.0951. The van der Waals surface area contributed by atoms with Gasteiger partial charge in [0.05, 0.1) is 35.8 Å². The van der Waals surface area contributed by atoms with Gasteiger partial charge in [0.1, 0.15) is 11.2 Å². The van der Waals surface area contributed by atoms with Crippen molar-refractivity contribution in [2.24, 2.45) is 0 Å². The van der Waals surface area contributed by atoms with Crippen LogP contribution in [-0.4, -0.2) is 45.0 Å². The van der Waals surface area contributed by atoms with Crippen LogP contribution in [-0.2, 0) is 44.8 Å². The Hall–Kier alpha value is -0.630. The van der Waals surface area contributed by atoms with Crippen LogP contribution in [0.3, 0.4) is 0 Å². The highest BCUT2D eigenvalue weighted by molar-refractivity contribution is 7.72. The Labute approximate surface area is 217 Å². The van der Waals surface area contributed by atoms with Gasteiger partial charge in [-0.3, -0.25) is 14.1 Å². The summed E-state index contributed by atoms with van der Waals surface area (Å²) in [6, 6.07) is 3.26. The number of nitrogens with zero attached hydrogens (tertiary/aromatic N) is 1. The van der Waals surface area contributed by atoms with E-state index in [1.807, 2.05) is 0 Å². The first kappa shape index (κ1) is 33.4. The van der Waals surface area contributed by atoms with Gasteiger partial charge in [0.15, 0.2) is 5.40 Å². The normalized spacial score (nSPS) is 14.2. The van der Waals surface area contributed by atoms with E-state index in [-0.39, 0.29) is 6.42 Å². The van der Waals surface area contributed by atoms with E-state index in [2.05, 4.69) is 4.98 Å². The highest BCUT2D eigenvalue weighted by Crippen LogP contribution is 2.72. The molecule has 0 spiro atoms. The molecule has 0 aliphatic carbocycles. The summed E-state index contributed by atoms with van der Waals surface area (Å²) < 4.78 is 52.3. The summed E-state index contributed by atoms with van der Waals surface area (Å²) in [5, 5.41) is 20.0. The van der Waals surface area contributed by atoms with Crippen LogP contribution in [0.15, 0.2) is 12.1 Å². The molecule has 0 saturated carbocycles. The molecule has 0 amide bonds. The molecule has 9 nitrogen and oxygen atoms in total. The largest absolute Gasteiger partial charge is 0.384 e. The first-order valence-electron chi connectivity index (χ1n) is 12.5. The van der Waals surface area contributed by atoms with Gasteiger partial charge in [0.25, 0.3) is 0 Å². The molecule has 1 heterocycles. The summed E-state index contributed by atoms with van der Waals surface area (Å²) in [6.45, 7) is 20.1. The Morgan fingerprint density at radius 2 is 0.972 bits per heavy atom. The molecule has 0 radical (unpaired) electrons. The third kappa shape index (κ3) is 9.92. The number of hydrogen-bond donors (Lipinski definition) is 2. The van der Waals surface area contributed by atoms with Gasteiger partial charge in [-0.25, -0.2) is 0 Å². The zero-order valence-corrected chi connectivity index (χ0v) is 25.7. The molecule has 0 aliphatic rings. The number of hydrogen-bond acceptors (Lipinski definition) is 9. The van der Waals surface area contributed by atoms with Crippen molar-refractivity contribution in [3.63, 3.8) is 0 Å². The minimum Gasteiger partial charge on any atom is -0.384 e. The molecule has 0 aliphatic heterocycles. The van der Waals surface area contributed by atoms with Crippen LogP contribution in [0.5, 0.6) is 0 Å². The molecule has 1 rings (SSSR count). The van der Waals surface area contributed by atoms with Crippen molar-refractivity contribution in [3.05, 3.63) is 29.1 Å². The standard InChI is InChI=1S/C25H47NO8P2/c1-16(2)31-35(29,32-17(3)4)23(36(30,33-18(5)6)34-19(7)8)15-20-13-21(24(9,10)27)26-22(14-20)25(11,12)28/h13-14,16-19,23,27-28H,15H2,1-12H3. The van der Waals surface area contributed by atoms with Crippen molar-refractivity contribution in [1.82, 2.24) is 4.98 Å². The lowest BCUT2D eigenvalue weighted by Crippen LogP contribution is -2.27. The van der Waals surface area contributed by atoms with Crippen LogP contribution in [0.25, 0.3) is 0 Å². The lowest BCUT2D eigenvalue weighted by molar-refractivity contribution is 0.0623. The van der Waals surface area contributed by atoms with Crippen molar-refractivity contribution < 1.29 is 37.4 Å². The van der Waals surface area contributed by atoms with Crippen molar-refractivity contribution in [2.45, 2.75) is 131 Å². The van der Waals surface area contributed by atoms with Crippen LogP contribution in [0.2, 0.25) is 0 Å². The maximum absolute atomic E-state index is 14.4. The van der Waals surface area contributed by atoms with Crippen molar-refractivity contribution >= 4 is 15.2 Å². The van der Waals surface area contributed by atoms with E-state index in [4.69, 9.17) is 18.1 Å². The van der Waals surface area contributed by atoms with Crippen LogP contribution < -0.4 is 0 Å². The third-order valence-corrected chi connectivity index (χ3v) is 11.1. The van der Waals surface area contributed by atoms with Crippen LogP contribution in [0.4, 0.5) is 0 Å². The maximum atomic E-state index is 14.4. The summed E-state index contributed by atoms with van der Waals surface area (Å²) in [5.74, 6) is 0. The van der Waals surface area contributed by atoms with E-state index in [9.17, 15) is 19.3 Å². The molecule has 0 saturated heterocycles. The summed E-state index contributed by atoms with van der Waals surface area (Å²) in [4.78, 5) is 4.44. The summed E-state index contributed by atoms with van der Waals surface area (Å²) in [6.07, 6.45) is -2.10. The van der Waals surface area contributed by atoms with Gasteiger partial charge in [0.2, 0.25) is 0 Å². The van der Waals surface area contributed by atoms with Gasteiger partial charge in [-0.15, -0.1) is 0 Å². The van der Waals surface area contributed by atoms with E-state index in [0.29, 0.717) is 17.0 Å². The molecule has 0 aromatic carbocycles. The Morgan fingerprint density at radius 1 is 0.694 bits per heavy atom. The maximum Gasteiger partial charge on any atom is 0.346 e. The zero-order chi connectivity index (χ0) is 28.3. The molecular formula is C25H47NO8P2. The Morgan fingerprint density at radius 3 is 1.19 bits per heavy atom. The fraction of sp³-hybridized carbons (Fsp3) is 0.800. The second-order valence-electron chi connectivity index (χ2n) is 11.2. The molecular weight excluding hydrogens is 504 g/mol. The Kier molecular flexibility index (Phi) is 11.6. The molecule has 0 bridgehead atoms. The van der Waals surface area contributed by atoms with Gasteiger partial charge in [-0.2, -0.15) is 0 Å². The van der Waals surface area contributed by atoms with Crippen LogP contribution in [0, 0.1) is 0 Å². The van der Waals surface area contributed by atoms with E-state index in [1.54, 1.807) is 95.2 Å². The minimum atomic E-state index is -4.11. The molecule has 1 aromatic rings. The number of aromatic nitrogens is 1. The van der Waals surface area contributed by atoms with E-state index in [1.165, 1.54) is 0 Å². The SMILES string of the molecule is CC(C)OP(=O)(OC(C)C)C(Cc1cc(C(C)(C)O)nc(C(C)(C)O)c1)P(=O)(OC(C)C)OC(C)C. The highest BCUT2D eigenvalue weighted by atomic mass is 31.2. The average molecular weight is 552 g/mol. The van der Waals surface area contributed by atoms with Gasteiger partial charge in [-0.05, 0) is 107 Å². The topological polar surface area (TPSA) is 124 Å². The van der Waals surface area contributed by atoms with E-state index >= 15 is 0 Å². The first-order valence-corrected chi connectivity index (χ1v) is 15.7. The molecule has 11 heteroatoms. The second-order valence-corrected chi connectivity index (χ2v) is 15.9. The van der Waals surface area contributed by atoms with Crippen molar-refractivity contribution in [2.75, 3.05) is 0 Å². The lowest BCUT2D eigenvalue weighted by Gasteiger charge is -2.35. The van der Waals surface area contributed by atoms with E-state index in [0.717, 1.165) is 0 Å². The summed E-state index contributed by atoms with van der Waals surface area (Å²) >= 11 is 0. The van der Waals surface area contributed by atoms with Crippen LogP contribution >= 0.6 is 15.2 Å². The number of rotatable bonds is 14. The zero-order valence-electron chi connectivity index (χ0n) is 23.9. The Bertz CT molecular complexity index is 850. The average Bonchev–Trinajstić information content (AvgIpc) is 2.61. The first-order chi connectivity index (χ1) is 16.1.